The number of hydrogen-bond donors (Lipinski definition) is 3. The van der Waals surface area contributed by atoms with Gasteiger partial charge < -0.3 is 16.2 Å². The van der Waals surface area contributed by atoms with Gasteiger partial charge in [-0.15, -0.1) is 27.8 Å². The van der Waals surface area contributed by atoms with Crippen molar-refractivity contribution in [2.24, 2.45) is 0 Å². The molecule has 4 rings (SSSR count). The number of aryl methyl sites for hydroxylation is 1. The van der Waals surface area contributed by atoms with Gasteiger partial charge in [0.2, 0.25) is 0 Å². The number of carbonyl (C=O) groups excluding carboxylic acids is 1. The van der Waals surface area contributed by atoms with Gasteiger partial charge in [0.25, 0.3) is 5.91 Å². The summed E-state index contributed by atoms with van der Waals surface area (Å²) in [6.45, 7) is 0.721. The number of amides is 1. The van der Waals surface area contributed by atoms with Crippen molar-refractivity contribution < 1.29 is 14.7 Å². The van der Waals surface area contributed by atoms with Crippen LogP contribution in [0.1, 0.15) is 41.8 Å². The molecule has 176 valence electrons. The number of rotatable bonds is 11. The first-order valence-electron chi connectivity index (χ1n) is 11.0. The lowest BCUT2D eigenvalue weighted by Gasteiger charge is -2.09. The molecule has 0 aliphatic rings. The molecule has 0 bridgehead atoms. The van der Waals surface area contributed by atoms with Crippen molar-refractivity contribution in [1.82, 2.24) is 15.0 Å². The summed E-state index contributed by atoms with van der Waals surface area (Å²) in [7, 11) is 0. The van der Waals surface area contributed by atoms with E-state index >= 15 is 0 Å². The summed E-state index contributed by atoms with van der Waals surface area (Å²) in [5.74, 6) is -0.972. The Morgan fingerprint density at radius 2 is 1.91 bits per heavy atom. The average molecular weight is 496 g/mol. The van der Waals surface area contributed by atoms with E-state index < -0.39 is 5.97 Å². The van der Waals surface area contributed by atoms with Crippen LogP contribution in [0.4, 0.5) is 11.4 Å². The van der Waals surface area contributed by atoms with E-state index in [1.165, 1.54) is 11.3 Å². The predicted molar refractivity (Wildman–Crippen MR) is 136 cm³/mol. The van der Waals surface area contributed by atoms with Crippen LogP contribution in [0.5, 0.6) is 0 Å². The largest absolute Gasteiger partial charge is 0.481 e. The van der Waals surface area contributed by atoms with Crippen LogP contribution in [0.3, 0.4) is 0 Å². The zero-order chi connectivity index (χ0) is 23.9. The van der Waals surface area contributed by atoms with Gasteiger partial charge in [-0.3, -0.25) is 14.3 Å². The number of nitrogen functional groups attached to an aromatic ring is 1. The quantitative estimate of drug-likeness (QED) is 0.184. The van der Waals surface area contributed by atoms with E-state index in [4.69, 9.17) is 10.8 Å². The Labute approximate surface area is 205 Å². The normalized spacial score (nSPS) is 10.9. The second-order valence-electron chi connectivity index (χ2n) is 7.82. The number of carboxylic acid groups (broad SMARTS) is 1. The molecule has 3 aromatic heterocycles. The van der Waals surface area contributed by atoms with Gasteiger partial charge in [0.15, 0.2) is 0 Å². The standard InChI is InChI=1S/C24H25N5O3S2/c25-17-9-8-16(20-6-5-13-33-20)14-18(17)26-24(32)22-11-10-21(34-22)19-15-29(28-27-19)12-4-2-1-3-7-23(30)31/h5-6,8-11,13-15H,1-4,7,12,25H2,(H,26,32)(H,30,31). The van der Waals surface area contributed by atoms with Gasteiger partial charge in [0.1, 0.15) is 5.69 Å². The van der Waals surface area contributed by atoms with Gasteiger partial charge in [0.05, 0.1) is 27.3 Å². The monoisotopic (exact) mass is 495 g/mol. The molecule has 0 spiro atoms. The number of thiophene rings is 2. The molecule has 1 amide bonds. The molecule has 0 aliphatic carbocycles. The molecule has 0 saturated heterocycles. The highest BCUT2D eigenvalue weighted by atomic mass is 32.1. The number of aliphatic carboxylic acids is 1. The van der Waals surface area contributed by atoms with Crippen molar-refractivity contribution in [3.63, 3.8) is 0 Å². The molecule has 3 heterocycles. The van der Waals surface area contributed by atoms with Crippen LogP contribution in [0.15, 0.2) is 54.0 Å². The van der Waals surface area contributed by atoms with Gasteiger partial charge in [-0.05, 0) is 54.1 Å². The minimum absolute atomic E-state index is 0.217. The van der Waals surface area contributed by atoms with Crippen LogP contribution in [0.2, 0.25) is 0 Å². The van der Waals surface area contributed by atoms with E-state index in [1.807, 2.05) is 41.9 Å². The number of hydrogen-bond acceptors (Lipinski definition) is 7. The van der Waals surface area contributed by atoms with Crippen LogP contribution >= 0.6 is 22.7 Å². The van der Waals surface area contributed by atoms with E-state index in [-0.39, 0.29) is 12.3 Å². The number of aromatic nitrogens is 3. The van der Waals surface area contributed by atoms with Gasteiger partial charge >= 0.3 is 5.97 Å². The Hall–Kier alpha value is -3.50. The third-order valence-corrected chi connectivity index (χ3v) is 7.28. The maximum atomic E-state index is 12.9. The van der Waals surface area contributed by atoms with E-state index in [0.717, 1.165) is 41.1 Å². The van der Waals surface area contributed by atoms with Crippen molar-refractivity contribution in [2.75, 3.05) is 11.1 Å². The molecule has 1 aromatic carbocycles. The number of benzene rings is 1. The first-order chi connectivity index (χ1) is 16.5. The van der Waals surface area contributed by atoms with Crippen LogP contribution in [-0.4, -0.2) is 32.0 Å². The van der Waals surface area contributed by atoms with E-state index in [0.29, 0.717) is 28.4 Å². The Bertz CT molecular complexity index is 1260. The van der Waals surface area contributed by atoms with E-state index in [9.17, 15) is 9.59 Å². The molecule has 0 saturated carbocycles. The first kappa shape index (κ1) is 23.7. The number of nitrogens with two attached hydrogens (primary N) is 1. The summed E-state index contributed by atoms with van der Waals surface area (Å²) >= 11 is 2.98. The van der Waals surface area contributed by atoms with Crippen molar-refractivity contribution in [3.8, 4) is 21.0 Å². The topological polar surface area (TPSA) is 123 Å². The van der Waals surface area contributed by atoms with Crippen LogP contribution < -0.4 is 11.1 Å². The molecular weight excluding hydrogens is 470 g/mol. The molecule has 8 nitrogen and oxygen atoms in total. The fourth-order valence-corrected chi connectivity index (χ4v) is 5.04. The Kier molecular flexibility index (Phi) is 7.71. The number of nitrogens with one attached hydrogen (secondary N) is 1. The van der Waals surface area contributed by atoms with Crippen LogP contribution in [0, 0.1) is 0 Å². The molecule has 0 radical (unpaired) electrons. The summed E-state index contributed by atoms with van der Waals surface area (Å²) in [6.07, 6.45) is 5.52. The molecule has 34 heavy (non-hydrogen) atoms. The molecule has 0 atom stereocenters. The summed E-state index contributed by atoms with van der Waals surface area (Å²) in [6, 6.07) is 13.3. The van der Waals surface area contributed by atoms with Crippen molar-refractivity contribution in [2.45, 2.75) is 38.6 Å². The third-order valence-electron chi connectivity index (χ3n) is 5.26. The highest BCUT2D eigenvalue weighted by molar-refractivity contribution is 7.17. The zero-order valence-electron chi connectivity index (χ0n) is 18.4. The number of anilines is 2. The van der Waals surface area contributed by atoms with E-state index in [1.54, 1.807) is 28.2 Å². The number of unbranched alkanes of at least 4 members (excludes halogenated alkanes) is 3. The highest BCUT2D eigenvalue weighted by Gasteiger charge is 2.14. The third kappa shape index (κ3) is 6.09. The average Bonchev–Trinajstić information content (AvgIpc) is 3.59. The molecular formula is C24H25N5O3S2. The van der Waals surface area contributed by atoms with Gasteiger partial charge in [-0.1, -0.05) is 30.2 Å². The predicted octanol–water partition coefficient (Wildman–Crippen LogP) is 5.60. The Morgan fingerprint density at radius 1 is 1.06 bits per heavy atom. The lowest BCUT2D eigenvalue weighted by molar-refractivity contribution is -0.137. The lowest BCUT2D eigenvalue weighted by Crippen LogP contribution is -2.11. The van der Waals surface area contributed by atoms with E-state index in [2.05, 4.69) is 15.6 Å². The second-order valence-corrected chi connectivity index (χ2v) is 9.85. The van der Waals surface area contributed by atoms with Crippen molar-refractivity contribution in [1.29, 1.82) is 0 Å². The maximum Gasteiger partial charge on any atom is 0.303 e. The Morgan fingerprint density at radius 3 is 2.71 bits per heavy atom. The minimum atomic E-state index is -0.750. The zero-order valence-corrected chi connectivity index (χ0v) is 20.1. The van der Waals surface area contributed by atoms with Gasteiger partial charge in [-0.25, -0.2) is 0 Å². The fraction of sp³-hybridized carbons (Fsp3) is 0.250. The summed E-state index contributed by atoms with van der Waals surface area (Å²) < 4.78 is 1.78. The van der Waals surface area contributed by atoms with Crippen molar-refractivity contribution in [3.05, 3.63) is 58.9 Å². The van der Waals surface area contributed by atoms with Crippen molar-refractivity contribution >= 4 is 45.9 Å². The maximum absolute atomic E-state index is 12.9. The smallest absolute Gasteiger partial charge is 0.303 e. The minimum Gasteiger partial charge on any atom is -0.481 e. The molecule has 0 fully saturated rings. The SMILES string of the molecule is Nc1ccc(-c2cccs2)cc1NC(=O)c1ccc(-c2cn(CCCCCCC(=O)O)nn2)s1. The molecule has 0 aliphatic heterocycles. The number of nitrogens with zero attached hydrogens (tertiary/aromatic N) is 3. The first-order valence-corrected chi connectivity index (χ1v) is 12.7. The molecule has 0 unspecified atom stereocenters. The highest BCUT2D eigenvalue weighted by Crippen LogP contribution is 2.31. The summed E-state index contributed by atoms with van der Waals surface area (Å²) in [4.78, 5) is 25.9. The van der Waals surface area contributed by atoms with Crippen LogP contribution in [0.25, 0.3) is 21.0 Å². The van der Waals surface area contributed by atoms with Gasteiger partial charge in [-0.2, -0.15) is 0 Å². The second kappa shape index (κ2) is 11.1. The number of carbonyl (C=O) groups is 2. The molecule has 4 N–H and O–H groups in total. The van der Waals surface area contributed by atoms with Gasteiger partial charge in [0, 0.05) is 17.8 Å². The lowest BCUT2D eigenvalue weighted by atomic mass is 10.1. The summed E-state index contributed by atoms with van der Waals surface area (Å²) in [5.41, 5.74) is 8.91. The summed E-state index contributed by atoms with van der Waals surface area (Å²) in [5, 5.41) is 22.0. The fourth-order valence-electron chi connectivity index (χ4n) is 3.47. The number of carboxylic acids is 1. The molecule has 10 heteroatoms. The van der Waals surface area contributed by atoms with Crippen LogP contribution in [-0.2, 0) is 11.3 Å². The Balaban J connectivity index is 1.34. The molecule has 4 aromatic rings.